The summed E-state index contributed by atoms with van der Waals surface area (Å²) in [5.74, 6) is 1.88. The van der Waals surface area contributed by atoms with E-state index in [1.54, 1.807) is 6.07 Å². The standard InChI is InChI=1S/C15H24FNS/c1-11(2)13(10-18)9-17(4)12(3)14-7-5-6-8-15(14)16/h5-8,11-13,18H,9-10H2,1-4H3. The van der Waals surface area contributed by atoms with E-state index in [1.807, 2.05) is 19.1 Å². The Hall–Kier alpha value is -0.540. The quantitative estimate of drug-likeness (QED) is 0.763. The van der Waals surface area contributed by atoms with Gasteiger partial charge in [-0.3, -0.25) is 4.90 Å². The average Bonchev–Trinajstić information content (AvgIpc) is 2.35. The molecule has 102 valence electrons. The summed E-state index contributed by atoms with van der Waals surface area (Å²) in [7, 11) is 2.05. The molecule has 0 fully saturated rings. The van der Waals surface area contributed by atoms with Crippen molar-refractivity contribution in [1.82, 2.24) is 4.90 Å². The first-order valence-corrected chi connectivity index (χ1v) is 7.16. The van der Waals surface area contributed by atoms with Crippen LogP contribution in [0.25, 0.3) is 0 Å². The SMILES string of the molecule is CC(C)C(CS)CN(C)C(C)c1ccccc1F. The third-order valence-electron chi connectivity index (χ3n) is 3.72. The molecule has 0 amide bonds. The lowest BCUT2D eigenvalue weighted by atomic mass is 9.96. The second-order valence-corrected chi connectivity index (χ2v) is 5.69. The highest BCUT2D eigenvalue weighted by atomic mass is 32.1. The van der Waals surface area contributed by atoms with Crippen LogP contribution in [0.4, 0.5) is 4.39 Å². The lowest BCUT2D eigenvalue weighted by molar-refractivity contribution is 0.201. The zero-order valence-electron chi connectivity index (χ0n) is 11.7. The highest BCUT2D eigenvalue weighted by molar-refractivity contribution is 7.80. The Bertz CT molecular complexity index is 367. The van der Waals surface area contributed by atoms with Crippen LogP contribution in [0.2, 0.25) is 0 Å². The van der Waals surface area contributed by atoms with E-state index in [4.69, 9.17) is 0 Å². The Morgan fingerprint density at radius 3 is 2.33 bits per heavy atom. The van der Waals surface area contributed by atoms with E-state index < -0.39 is 0 Å². The van der Waals surface area contributed by atoms with Gasteiger partial charge in [0.1, 0.15) is 5.82 Å². The minimum absolute atomic E-state index is 0.0901. The number of halogens is 1. The van der Waals surface area contributed by atoms with Crippen molar-refractivity contribution >= 4 is 12.6 Å². The number of thiol groups is 1. The topological polar surface area (TPSA) is 3.24 Å². The summed E-state index contributed by atoms with van der Waals surface area (Å²) in [6.07, 6.45) is 0. The fourth-order valence-corrected chi connectivity index (χ4v) is 2.60. The second-order valence-electron chi connectivity index (χ2n) is 5.32. The molecule has 2 atom stereocenters. The van der Waals surface area contributed by atoms with Gasteiger partial charge in [0.15, 0.2) is 0 Å². The molecule has 0 aliphatic rings. The second kappa shape index (κ2) is 7.15. The molecular formula is C15H24FNS. The fourth-order valence-electron chi connectivity index (χ4n) is 2.06. The number of hydrogen-bond donors (Lipinski definition) is 1. The molecule has 0 N–H and O–H groups in total. The van der Waals surface area contributed by atoms with Gasteiger partial charge in [-0.2, -0.15) is 12.6 Å². The molecule has 18 heavy (non-hydrogen) atoms. The Balaban J connectivity index is 2.72. The Morgan fingerprint density at radius 1 is 1.22 bits per heavy atom. The molecule has 0 aromatic heterocycles. The van der Waals surface area contributed by atoms with E-state index in [0.717, 1.165) is 17.9 Å². The van der Waals surface area contributed by atoms with Crippen molar-refractivity contribution < 1.29 is 4.39 Å². The molecule has 1 aromatic carbocycles. The summed E-state index contributed by atoms with van der Waals surface area (Å²) in [6.45, 7) is 7.41. The molecule has 0 saturated heterocycles. The monoisotopic (exact) mass is 269 g/mol. The van der Waals surface area contributed by atoms with Gasteiger partial charge in [-0.25, -0.2) is 4.39 Å². The van der Waals surface area contributed by atoms with Crippen molar-refractivity contribution in [2.24, 2.45) is 11.8 Å². The Morgan fingerprint density at radius 2 is 1.83 bits per heavy atom. The minimum Gasteiger partial charge on any atom is -0.299 e. The van der Waals surface area contributed by atoms with Crippen LogP contribution < -0.4 is 0 Å². The normalized spacial score (nSPS) is 15.1. The molecule has 1 aromatic rings. The summed E-state index contributed by atoms with van der Waals surface area (Å²) >= 11 is 4.40. The van der Waals surface area contributed by atoms with Crippen molar-refractivity contribution in [3.05, 3.63) is 35.6 Å². The van der Waals surface area contributed by atoms with E-state index in [1.165, 1.54) is 6.07 Å². The molecule has 0 bridgehead atoms. The van der Waals surface area contributed by atoms with Gasteiger partial charge in [0.05, 0.1) is 0 Å². The van der Waals surface area contributed by atoms with Crippen LogP contribution in [-0.2, 0) is 0 Å². The van der Waals surface area contributed by atoms with E-state index in [0.29, 0.717) is 11.8 Å². The van der Waals surface area contributed by atoms with Gasteiger partial charge in [0.25, 0.3) is 0 Å². The highest BCUT2D eigenvalue weighted by Gasteiger charge is 2.20. The van der Waals surface area contributed by atoms with Crippen LogP contribution in [0, 0.1) is 17.7 Å². The molecule has 1 nitrogen and oxygen atoms in total. The maximum Gasteiger partial charge on any atom is 0.127 e. The molecule has 1 rings (SSSR count). The summed E-state index contributed by atoms with van der Waals surface area (Å²) < 4.78 is 13.7. The van der Waals surface area contributed by atoms with Gasteiger partial charge < -0.3 is 0 Å². The molecule has 0 aliphatic heterocycles. The highest BCUT2D eigenvalue weighted by Crippen LogP contribution is 2.24. The fraction of sp³-hybridized carbons (Fsp3) is 0.600. The maximum absolute atomic E-state index is 13.7. The molecule has 2 unspecified atom stereocenters. The maximum atomic E-state index is 13.7. The van der Waals surface area contributed by atoms with Gasteiger partial charge in [0.2, 0.25) is 0 Å². The molecule has 0 aliphatic carbocycles. The van der Waals surface area contributed by atoms with Crippen LogP contribution >= 0.6 is 12.6 Å². The van der Waals surface area contributed by atoms with Gasteiger partial charge in [-0.15, -0.1) is 0 Å². The van der Waals surface area contributed by atoms with Crippen LogP contribution in [0.1, 0.15) is 32.4 Å². The third kappa shape index (κ3) is 3.99. The van der Waals surface area contributed by atoms with Crippen LogP contribution in [0.5, 0.6) is 0 Å². The zero-order valence-corrected chi connectivity index (χ0v) is 12.6. The van der Waals surface area contributed by atoms with E-state index in [9.17, 15) is 4.39 Å². The zero-order chi connectivity index (χ0) is 13.7. The Kier molecular flexibility index (Phi) is 6.16. The van der Waals surface area contributed by atoms with E-state index >= 15 is 0 Å². The largest absolute Gasteiger partial charge is 0.299 e. The smallest absolute Gasteiger partial charge is 0.127 e. The lowest BCUT2D eigenvalue weighted by Gasteiger charge is -2.30. The Labute approximate surface area is 116 Å². The predicted molar refractivity (Wildman–Crippen MR) is 79.6 cm³/mol. The van der Waals surface area contributed by atoms with Crippen LogP contribution in [0.3, 0.4) is 0 Å². The predicted octanol–water partition coefficient (Wildman–Crippen LogP) is 4.02. The van der Waals surface area contributed by atoms with Crippen molar-refractivity contribution in [2.45, 2.75) is 26.8 Å². The molecule has 0 heterocycles. The first kappa shape index (κ1) is 15.5. The first-order valence-electron chi connectivity index (χ1n) is 6.52. The molecule has 0 spiro atoms. The summed E-state index contributed by atoms with van der Waals surface area (Å²) in [6, 6.07) is 7.10. The number of rotatable bonds is 6. The minimum atomic E-state index is -0.121. The van der Waals surface area contributed by atoms with Gasteiger partial charge >= 0.3 is 0 Å². The molecule has 0 saturated carbocycles. The lowest BCUT2D eigenvalue weighted by Crippen LogP contribution is -2.32. The van der Waals surface area contributed by atoms with E-state index in [2.05, 4.69) is 38.4 Å². The van der Waals surface area contributed by atoms with Crippen molar-refractivity contribution in [1.29, 1.82) is 0 Å². The molecule has 0 radical (unpaired) electrons. The summed E-state index contributed by atoms with van der Waals surface area (Å²) in [5.41, 5.74) is 0.765. The third-order valence-corrected chi connectivity index (χ3v) is 4.19. The van der Waals surface area contributed by atoms with E-state index in [-0.39, 0.29) is 11.9 Å². The first-order chi connectivity index (χ1) is 8.47. The van der Waals surface area contributed by atoms with Crippen LogP contribution in [-0.4, -0.2) is 24.2 Å². The average molecular weight is 269 g/mol. The van der Waals surface area contributed by atoms with Crippen molar-refractivity contribution in [3.63, 3.8) is 0 Å². The number of benzene rings is 1. The summed E-state index contributed by atoms with van der Waals surface area (Å²) in [4.78, 5) is 2.21. The van der Waals surface area contributed by atoms with Gasteiger partial charge in [-0.1, -0.05) is 32.0 Å². The molecule has 3 heteroatoms. The number of hydrogen-bond acceptors (Lipinski definition) is 2. The van der Waals surface area contributed by atoms with Crippen molar-refractivity contribution in [3.8, 4) is 0 Å². The van der Waals surface area contributed by atoms with Crippen molar-refractivity contribution in [2.75, 3.05) is 19.3 Å². The van der Waals surface area contributed by atoms with Gasteiger partial charge in [-0.05, 0) is 37.6 Å². The van der Waals surface area contributed by atoms with Gasteiger partial charge in [0, 0.05) is 18.2 Å². The number of nitrogens with zero attached hydrogens (tertiary/aromatic N) is 1. The summed E-state index contributed by atoms with van der Waals surface area (Å²) in [5, 5.41) is 0. The molecular weight excluding hydrogens is 245 g/mol. The van der Waals surface area contributed by atoms with Crippen LogP contribution in [0.15, 0.2) is 24.3 Å².